The smallest absolute Gasteiger partial charge is 0.266 e. The van der Waals surface area contributed by atoms with E-state index in [0.29, 0.717) is 37.7 Å². The number of hydrogen-bond donors (Lipinski definition) is 0. The molecule has 0 radical (unpaired) electrons. The second kappa shape index (κ2) is 8.61. The number of likely N-dealkylation sites (tertiary alicyclic amines) is 1. The van der Waals surface area contributed by atoms with Gasteiger partial charge < -0.3 is 9.42 Å². The van der Waals surface area contributed by atoms with Gasteiger partial charge in [-0.25, -0.2) is 4.68 Å². The van der Waals surface area contributed by atoms with Gasteiger partial charge in [-0.1, -0.05) is 5.16 Å². The summed E-state index contributed by atoms with van der Waals surface area (Å²) in [6.07, 6.45) is 5.44. The number of rotatable bonds is 5. The maximum atomic E-state index is 12.7. The average Bonchev–Trinajstić information content (AvgIpc) is 3.08. The molecular formula is C22H25N5O3. The van der Waals surface area contributed by atoms with Gasteiger partial charge >= 0.3 is 0 Å². The highest BCUT2D eigenvalue weighted by molar-refractivity contribution is 5.79. The number of carbonyl (C=O) groups excluding carboxylic acids is 1. The Morgan fingerprint density at radius 3 is 2.53 bits per heavy atom. The summed E-state index contributed by atoms with van der Waals surface area (Å²) < 4.78 is 6.70. The first kappa shape index (κ1) is 20.0. The Labute approximate surface area is 174 Å². The molecule has 0 bridgehead atoms. The standard InChI is InChI=1S/C22H25N5O3/c1-15-19(16(2)30-25-15)13-22(29)26-11-7-17(8-12-26)14-27-21(28)4-3-20(24-27)18-5-9-23-10-6-18/h3-6,9-10,17H,7-8,11-14H2,1-2H3. The van der Waals surface area contributed by atoms with E-state index in [1.807, 2.05) is 30.9 Å². The molecule has 8 nitrogen and oxygen atoms in total. The topological polar surface area (TPSA) is 94.1 Å². The lowest BCUT2D eigenvalue weighted by Gasteiger charge is -2.32. The number of amides is 1. The van der Waals surface area contributed by atoms with Crippen molar-refractivity contribution in [3.05, 3.63) is 64.0 Å². The highest BCUT2D eigenvalue weighted by Gasteiger charge is 2.25. The molecule has 4 heterocycles. The zero-order chi connectivity index (χ0) is 21.1. The second-order valence-electron chi connectivity index (χ2n) is 7.78. The molecule has 1 aliphatic heterocycles. The van der Waals surface area contributed by atoms with Crippen molar-refractivity contribution in [2.24, 2.45) is 5.92 Å². The largest absolute Gasteiger partial charge is 0.361 e. The van der Waals surface area contributed by atoms with Gasteiger partial charge in [0.15, 0.2) is 0 Å². The lowest BCUT2D eigenvalue weighted by molar-refractivity contribution is -0.131. The molecule has 8 heteroatoms. The van der Waals surface area contributed by atoms with Crippen molar-refractivity contribution < 1.29 is 9.32 Å². The molecule has 0 atom stereocenters. The lowest BCUT2D eigenvalue weighted by Crippen LogP contribution is -2.41. The predicted octanol–water partition coefficient (Wildman–Crippen LogP) is 2.39. The van der Waals surface area contributed by atoms with Gasteiger partial charge in [-0.05, 0) is 50.8 Å². The molecule has 1 amide bonds. The summed E-state index contributed by atoms with van der Waals surface area (Å²) in [5, 5.41) is 8.46. The van der Waals surface area contributed by atoms with Crippen LogP contribution in [0.15, 0.2) is 46.0 Å². The van der Waals surface area contributed by atoms with Crippen LogP contribution in [0.3, 0.4) is 0 Å². The van der Waals surface area contributed by atoms with E-state index in [2.05, 4.69) is 15.2 Å². The molecule has 0 spiro atoms. The van der Waals surface area contributed by atoms with E-state index in [-0.39, 0.29) is 11.5 Å². The van der Waals surface area contributed by atoms with E-state index in [4.69, 9.17) is 4.52 Å². The first-order valence-corrected chi connectivity index (χ1v) is 10.2. The van der Waals surface area contributed by atoms with Crippen molar-refractivity contribution in [1.82, 2.24) is 24.8 Å². The number of nitrogens with zero attached hydrogens (tertiary/aromatic N) is 5. The maximum Gasteiger partial charge on any atom is 0.266 e. The summed E-state index contributed by atoms with van der Waals surface area (Å²) in [6, 6.07) is 7.05. The first-order valence-electron chi connectivity index (χ1n) is 10.2. The normalized spacial score (nSPS) is 14.8. The van der Waals surface area contributed by atoms with Crippen molar-refractivity contribution >= 4 is 5.91 Å². The van der Waals surface area contributed by atoms with E-state index < -0.39 is 0 Å². The molecule has 1 saturated heterocycles. The SMILES string of the molecule is Cc1noc(C)c1CC(=O)N1CCC(Cn2nc(-c3ccncc3)ccc2=O)CC1. The Balaban J connectivity index is 1.37. The Morgan fingerprint density at radius 2 is 1.87 bits per heavy atom. The molecule has 3 aromatic rings. The van der Waals surface area contributed by atoms with Gasteiger partial charge in [0.05, 0.1) is 17.8 Å². The minimum Gasteiger partial charge on any atom is -0.361 e. The van der Waals surface area contributed by atoms with Crippen LogP contribution in [-0.4, -0.2) is 43.8 Å². The van der Waals surface area contributed by atoms with Gasteiger partial charge in [0.1, 0.15) is 5.76 Å². The monoisotopic (exact) mass is 407 g/mol. The number of hydrogen-bond acceptors (Lipinski definition) is 6. The van der Waals surface area contributed by atoms with E-state index in [1.165, 1.54) is 0 Å². The van der Waals surface area contributed by atoms with Crippen LogP contribution in [0, 0.1) is 19.8 Å². The molecule has 0 saturated carbocycles. The Bertz CT molecular complexity index is 1060. The number of aromatic nitrogens is 4. The second-order valence-corrected chi connectivity index (χ2v) is 7.78. The van der Waals surface area contributed by atoms with Crippen molar-refractivity contribution in [3.8, 4) is 11.3 Å². The van der Waals surface area contributed by atoms with Crippen LogP contribution in [-0.2, 0) is 17.8 Å². The quantitative estimate of drug-likeness (QED) is 0.645. The third-order valence-corrected chi connectivity index (χ3v) is 5.75. The fourth-order valence-electron chi connectivity index (χ4n) is 3.88. The minimum absolute atomic E-state index is 0.0952. The average molecular weight is 407 g/mol. The van der Waals surface area contributed by atoms with Gasteiger partial charge in [-0.15, -0.1) is 0 Å². The van der Waals surface area contributed by atoms with E-state index in [1.54, 1.807) is 29.2 Å². The summed E-state index contributed by atoms with van der Waals surface area (Å²) in [7, 11) is 0. The van der Waals surface area contributed by atoms with E-state index in [0.717, 1.165) is 35.4 Å². The molecule has 3 aromatic heterocycles. The van der Waals surface area contributed by atoms with Gasteiger partial charge in [0.25, 0.3) is 5.56 Å². The minimum atomic E-state index is -0.107. The van der Waals surface area contributed by atoms with Crippen LogP contribution in [0.25, 0.3) is 11.3 Å². The summed E-state index contributed by atoms with van der Waals surface area (Å²) >= 11 is 0. The molecular weight excluding hydrogens is 382 g/mol. The summed E-state index contributed by atoms with van der Waals surface area (Å²) in [4.78, 5) is 30.9. The summed E-state index contributed by atoms with van der Waals surface area (Å²) in [5.41, 5.74) is 3.23. The molecule has 0 N–H and O–H groups in total. The lowest BCUT2D eigenvalue weighted by atomic mass is 9.96. The number of pyridine rings is 1. The molecule has 0 aromatic carbocycles. The Morgan fingerprint density at radius 1 is 1.13 bits per heavy atom. The Hall–Kier alpha value is -3.29. The highest BCUT2D eigenvalue weighted by Crippen LogP contribution is 2.21. The molecule has 0 unspecified atom stereocenters. The van der Waals surface area contributed by atoms with Crippen LogP contribution in [0.4, 0.5) is 0 Å². The zero-order valence-corrected chi connectivity index (χ0v) is 17.2. The van der Waals surface area contributed by atoms with Crippen LogP contribution in [0.1, 0.15) is 29.9 Å². The van der Waals surface area contributed by atoms with Crippen LogP contribution in [0.2, 0.25) is 0 Å². The van der Waals surface area contributed by atoms with Crippen molar-refractivity contribution in [3.63, 3.8) is 0 Å². The van der Waals surface area contributed by atoms with Crippen LogP contribution >= 0.6 is 0 Å². The van der Waals surface area contributed by atoms with E-state index in [9.17, 15) is 9.59 Å². The van der Waals surface area contributed by atoms with Crippen molar-refractivity contribution in [1.29, 1.82) is 0 Å². The number of piperidine rings is 1. The van der Waals surface area contributed by atoms with Gasteiger partial charge in [-0.2, -0.15) is 5.10 Å². The highest BCUT2D eigenvalue weighted by atomic mass is 16.5. The number of aryl methyl sites for hydroxylation is 2. The summed E-state index contributed by atoms with van der Waals surface area (Å²) in [6.45, 7) is 5.62. The number of carbonyl (C=O) groups is 1. The maximum absolute atomic E-state index is 12.7. The van der Waals surface area contributed by atoms with Gasteiger partial charge in [-0.3, -0.25) is 14.6 Å². The van der Waals surface area contributed by atoms with Crippen LogP contribution in [0.5, 0.6) is 0 Å². The molecule has 4 rings (SSSR count). The third kappa shape index (κ3) is 4.32. The van der Waals surface area contributed by atoms with Crippen LogP contribution < -0.4 is 5.56 Å². The predicted molar refractivity (Wildman–Crippen MR) is 111 cm³/mol. The summed E-state index contributed by atoms with van der Waals surface area (Å²) in [5.74, 6) is 1.11. The fraction of sp³-hybridized carbons (Fsp3) is 0.409. The molecule has 0 aliphatic carbocycles. The van der Waals surface area contributed by atoms with Gasteiger partial charge in [0, 0.05) is 49.2 Å². The van der Waals surface area contributed by atoms with Gasteiger partial charge in [0.2, 0.25) is 5.91 Å². The van der Waals surface area contributed by atoms with E-state index >= 15 is 0 Å². The zero-order valence-electron chi connectivity index (χ0n) is 17.2. The molecule has 1 fully saturated rings. The molecule has 156 valence electrons. The first-order chi connectivity index (χ1) is 14.5. The third-order valence-electron chi connectivity index (χ3n) is 5.75. The van der Waals surface area contributed by atoms with Crippen molar-refractivity contribution in [2.75, 3.05) is 13.1 Å². The Kier molecular flexibility index (Phi) is 5.74. The van der Waals surface area contributed by atoms with Crippen molar-refractivity contribution in [2.45, 2.75) is 39.7 Å². The fourth-order valence-corrected chi connectivity index (χ4v) is 3.88. The molecule has 30 heavy (non-hydrogen) atoms. The molecule has 1 aliphatic rings.